The molecule has 0 aliphatic carbocycles. The summed E-state index contributed by atoms with van der Waals surface area (Å²) in [5, 5.41) is 0. The highest BCUT2D eigenvalue weighted by molar-refractivity contribution is 7.88. The number of hydrogen-bond donors (Lipinski definition) is 0. The lowest BCUT2D eigenvalue weighted by atomic mass is 10.1. The highest BCUT2D eigenvalue weighted by Gasteiger charge is 2.27. The van der Waals surface area contributed by atoms with Gasteiger partial charge in [-0.15, -0.1) is 0 Å². The third kappa shape index (κ3) is 4.31. The topological polar surface area (TPSA) is 113 Å². The summed E-state index contributed by atoms with van der Waals surface area (Å²) >= 11 is 0. The van der Waals surface area contributed by atoms with E-state index in [0.717, 1.165) is 5.56 Å². The highest BCUT2D eigenvalue weighted by Crippen LogP contribution is 2.35. The number of pyridine rings is 1. The summed E-state index contributed by atoms with van der Waals surface area (Å²) in [5.74, 6) is 1.66. The number of fused-ring (bicyclic) bond motifs is 2. The summed E-state index contributed by atoms with van der Waals surface area (Å²) in [5.41, 5.74) is 2.62. The minimum absolute atomic E-state index is 0.134. The van der Waals surface area contributed by atoms with Crippen LogP contribution in [0.5, 0.6) is 17.4 Å². The largest absolute Gasteiger partial charge is 0.486 e. The van der Waals surface area contributed by atoms with Crippen molar-refractivity contribution < 1.29 is 27.4 Å². The molecule has 3 aromatic rings. The fourth-order valence-electron chi connectivity index (χ4n) is 3.66. The van der Waals surface area contributed by atoms with E-state index < -0.39 is 16.1 Å². The molecule has 2 aromatic heterocycles. The van der Waals surface area contributed by atoms with Gasteiger partial charge in [-0.3, -0.25) is 4.98 Å². The Bertz CT molecular complexity index is 1250. The minimum Gasteiger partial charge on any atom is -0.486 e. The maximum absolute atomic E-state index is 11.9. The zero-order valence-electron chi connectivity index (χ0n) is 17.4. The van der Waals surface area contributed by atoms with E-state index in [-0.39, 0.29) is 13.2 Å². The van der Waals surface area contributed by atoms with Gasteiger partial charge in [0.15, 0.2) is 17.0 Å². The molecule has 168 valence electrons. The van der Waals surface area contributed by atoms with Gasteiger partial charge < -0.3 is 18.9 Å². The molecule has 1 saturated heterocycles. The van der Waals surface area contributed by atoms with Gasteiger partial charge in [0.25, 0.3) is 0 Å². The average molecular weight is 458 g/mol. The van der Waals surface area contributed by atoms with Crippen LogP contribution in [-0.4, -0.2) is 79.6 Å². The smallest absolute Gasteiger partial charge is 0.242 e. The predicted octanol–water partition coefficient (Wildman–Crippen LogP) is 1.50. The Hall–Kier alpha value is -3.02. The first-order valence-electron chi connectivity index (χ1n) is 10.2. The quantitative estimate of drug-likeness (QED) is 0.561. The van der Waals surface area contributed by atoms with E-state index in [1.165, 1.54) is 10.6 Å². The number of rotatable bonds is 5. The number of sulfonamides is 1. The molecule has 0 N–H and O–H groups in total. The van der Waals surface area contributed by atoms with Crippen LogP contribution in [0, 0.1) is 0 Å². The van der Waals surface area contributed by atoms with E-state index in [9.17, 15) is 8.42 Å². The van der Waals surface area contributed by atoms with Crippen molar-refractivity contribution in [3.8, 4) is 28.6 Å². The molecule has 0 unspecified atom stereocenters. The third-order valence-electron chi connectivity index (χ3n) is 5.24. The third-order valence-corrected chi connectivity index (χ3v) is 6.51. The van der Waals surface area contributed by atoms with Crippen LogP contribution in [0.25, 0.3) is 22.3 Å². The Labute approximate surface area is 185 Å². The van der Waals surface area contributed by atoms with Gasteiger partial charge in [0.05, 0.1) is 24.1 Å². The second kappa shape index (κ2) is 8.49. The zero-order valence-corrected chi connectivity index (χ0v) is 18.2. The number of ether oxygens (including phenoxy) is 4. The van der Waals surface area contributed by atoms with Crippen molar-refractivity contribution in [3.05, 3.63) is 36.7 Å². The lowest BCUT2D eigenvalue weighted by molar-refractivity contribution is -0.0252. The fraction of sp³-hybridized carbons (Fsp3) is 0.381. The molecule has 0 spiro atoms. The maximum Gasteiger partial charge on any atom is 0.242 e. The second-order valence-corrected chi connectivity index (χ2v) is 9.50. The van der Waals surface area contributed by atoms with E-state index in [1.54, 1.807) is 12.4 Å². The lowest BCUT2D eigenvalue weighted by Crippen LogP contribution is -2.47. The molecule has 2 aliphatic heterocycles. The molecule has 1 atom stereocenters. The van der Waals surface area contributed by atoms with E-state index in [2.05, 4.69) is 15.0 Å². The molecule has 0 bridgehead atoms. The number of nitrogens with zero attached hydrogens (tertiary/aromatic N) is 4. The average Bonchev–Trinajstić information content (AvgIpc) is 2.81. The lowest BCUT2D eigenvalue weighted by Gasteiger charge is -2.30. The normalized spacial score (nSPS) is 19.1. The number of hydrogen-bond acceptors (Lipinski definition) is 9. The molecule has 4 heterocycles. The first-order chi connectivity index (χ1) is 15.5. The molecular formula is C21H22N4O6S. The van der Waals surface area contributed by atoms with Gasteiger partial charge in [-0.2, -0.15) is 4.31 Å². The van der Waals surface area contributed by atoms with Gasteiger partial charge in [0.2, 0.25) is 15.9 Å². The molecule has 10 nitrogen and oxygen atoms in total. The molecule has 0 amide bonds. The van der Waals surface area contributed by atoms with Crippen LogP contribution >= 0.6 is 0 Å². The standard InChI is InChI=1S/C21H22N4O6S/c1-32(26,27)25-6-7-28-15(12-25)13-31-21-20-17(22-4-5-23-20)11-16(24-21)14-2-3-18-19(10-14)30-9-8-29-18/h2-5,10-11,15H,6-9,12-13H2,1H3/t15-/m0/s1. The second-order valence-electron chi connectivity index (χ2n) is 7.52. The van der Waals surface area contributed by atoms with Gasteiger partial charge >= 0.3 is 0 Å². The summed E-state index contributed by atoms with van der Waals surface area (Å²) in [7, 11) is -3.29. The van der Waals surface area contributed by atoms with Crippen molar-refractivity contribution in [2.45, 2.75) is 6.10 Å². The summed E-state index contributed by atoms with van der Waals surface area (Å²) in [6.07, 6.45) is 3.96. The van der Waals surface area contributed by atoms with Crippen LogP contribution in [0.3, 0.4) is 0 Å². The van der Waals surface area contributed by atoms with Gasteiger partial charge in [-0.05, 0) is 24.3 Å². The van der Waals surface area contributed by atoms with Gasteiger partial charge in [0.1, 0.15) is 25.9 Å². The SMILES string of the molecule is CS(=O)(=O)N1CCO[C@H](COc2nc(-c3ccc4c(c3)OCCO4)cc3nccnc23)C1. The molecule has 1 fully saturated rings. The number of morpholine rings is 1. The molecule has 5 rings (SSSR count). The summed E-state index contributed by atoms with van der Waals surface area (Å²) < 4.78 is 48.1. The van der Waals surface area contributed by atoms with E-state index in [1.807, 2.05) is 24.3 Å². The number of benzene rings is 1. The van der Waals surface area contributed by atoms with Crippen molar-refractivity contribution in [2.75, 3.05) is 45.8 Å². The minimum atomic E-state index is -3.29. The van der Waals surface area contributed by atoms with E-state index >= 15 is 0 Å². The maximum atomic E-state index is 11.9. The van der Waals surface area contributed by atoms with Gasteiger partial charge in [-0.25, -0.2) is 18.4 Å². The molecule has 32 heavy (non-hydrogen) atoms. The van der Waals surface area contributed by atoms with Crippen molar-refractivity contribution in [3.63, 3.8) is 0 Å². The van der Waals surface area contributed by atoms with Gasteiger partial charge in [-0.1, -0.05) is 0 Å². The Balaban J connectivity index is 1.43. The zero-order chi connectivity index (χ0) is 22.1. The van der Waals surface area contributed by atoms with Crippen molar-refractivity contribution in [1.82, 2.24) is 19.3 Å². The molecule has 2 aliphatic rings. The Morgan fingerprint density at radius 2 is 1.91 bits per heavy atom. The Morgan fingerprint density at radius 1 is 1.09 bits per heavy atom. The number of aromatic nitrogens is 3. The molecule has 0 radical (unpaired) electrons. The first kappa shape index (κ1) is 20.9. The van der Waals surface area contributed by atoms with Crippen molar-refractivity contribution in [1.29, 1.82) is 0 Å². The Morgan fingerprint density at radius 3 is 2.75 bits per heavy atom. The molecule has 11 heteroatoms. The van der Waals surface area contributed by atoms with E-state index in [4.69, 9.17) is 18.9 Å². The summed E-state index contributed by atoms with van der Waals surface area (Å²) in [6.45, 7) is 2.02. The van der Waals surface area contributed by atoms with Crippen LogP contribution in [-0.2, 0) is 14.8 Å². The van der Waals surface area contributed by atoms with Crippen LogP contribution in [0.15, 0.2) is 36.7 Å². The van der Waals surface area contributed by atoms with Crippen molar-refractivity contribution >= 4 is 21.1 Å². The van der Waals surface area contributed by atoms with E-state index in [0.29, 0.717) is 60.5 Å². The fourth-order valence-corrected chi connectivity index (χ4v) is 4.50. The Kier molecular flexibility index (Phi) is 5.53. The van der Waals surface area contributed by atoms with Crippen molar-refractivity contribution in [2.24, 2.45) is 0 Å². The van der Waals surface area contributed by atoms with Crippen LogP contribution in [0.2, 0.25) is 0 Å². The van der Waals surface area contributed by atoms with Crippen LogP contribution in [0.4, 0.5) is 0 Å². The van der Waals surface area contributed by atoms with Crippen LogP contribution < -0.4 is 14.2 Å². The molecular weight excluding hydrogens is 436 g/mol. The summed E-state index contributed by atoms with van der Waals surface area (Å²) in [4.78, 5) is 13.4. The molecule has 0 saturated carbocycles. The first-order valence-corrected chi connectivity index (χ1v) is 12.0. The van der Waals surface area contributed by atoms with Crippen LogP contribution in [0.1, 0.15) is 0 Å². The monoisotopic (exact) mass is 458 g/mol. The highest BCUT2D eigenvalue weighted by atomic mass is 32.2. The molecule has 1 aromatic carbocycles. The predicted molar refractivity (Wildman–Crippen MR) is 115 cm³/mol. The van der Waals surface area contributed by atoms with Gasteiger partial charge in [0, 0.05) is 31.0 Å². The summed E-state index contributed by atoms with van der Waals surface area (Å²) in [6, 6.07) is 7.46.